The minimum Gasteiger partial charge on any atom is -0.493 e. The zero-order chi connectivity index (χ0) is 27.1. The van der Waals surface area contributed by atoms with Crippen molar-refractivity contribution in [2.24, 2.45) is 5.10 Å². The molecule has 0 aliphatic carbocycles. The van der Waals surface area contributed by atoms with E-state index in [2.05, 4.69) is 27.3 Å². The van der Waals surface area contributed by atoms with Crippen molar-refractivity contribution < 1.29 is 28.6 Å². The average molecular weight is 608 g/mol. The minimum absolute atomic E-state index is 0.0345. The van der Waals surface area contributed by atoms with Gasteiger partial charge >= 0.3 is 5.97 Å². The van der Waals surface area contributed by atoms with Crippen molar-refractivity contribution in [2.75, 3.05) is 7.11 Å². The highest BCUT2D eigenvalue weighted by molar-refractivity contribution is 9.10. The number of fused-ring (bicyclic) bond motifs is 3. The molecule has 3 heterocycles. The summed E-state index contributed by atoms with van der Waals surface area (Å²) in [6, 6.07) is 21.2. The fourth-order valence-corrected chi connectivity index (χ4v) is 6.03. The molecule has 0 aromatic heterocycles. The minimum atomic E-state index is -0.810. The summed E-state index contributed by atoms with van der Waals surface area (Å²) in [5.74, 6) is 0.154. The normalized spacial score (nSPS) is 21.4. The van der Waals surface area contributed by atoms with Crippen LogP contribution in [0.25, 0.3) is 0 Å². The Morgan fingerprint density at radius 2 is 1.95 bits per heavy atom. The maximum Gasteiger partial charge on any atom is 0.312 e. The topological polar surface area (TPSA) is 107 Å². The molecule has 0 bridgehead atoms. The smallest absolute Gasteiger partial charge is 0.312 e. The Labute approximate surface area is 236 Å². The molecule has 0 unspecified atom stereocenters. The summed E-state index contributed by atoms with van der Waals surface area (Å²) >= 11 is 4.36. The second kappa shape index (κ2) is 10.4. The quantitative estimate of drug-likeness (QED) is 0.295. The molecule has 39 heavy (non-hydrogen) atoms. The molecule has 0 saturated carbocycles. The monoisotopic (exact) mass is 607 g/mol. The van der Waals surface area contributed by atoms with Crippen molar-refractivity contribution in [1.29, 1.82) is 0 Å². The number of ether oxygens (including phenoxy) is 3. The first-order valence-electron chi connectivity index (χ1n) is 12.2. The molecular weight excluding hydrogens is 586 g/mol. The zero-order valence-corrected chi connectivity index (χ0v) is 23.0. The Bertz CT molecular complexity index is 1510. The maximum atomic E-state index is 12.5. The van der Waals surface area contributed by atoms with Crippen LogP contribution in [0, 0.1) is 0 Å². The summed E-state index contributed by atoms with van der Waals surface area (Å²) in [5, 5.41) is 7.82. The van der Waals surface area contributed by atoms with E-state index in [9.17, 15) is 14.4 Å². The molecule has 3 aromatic rings. The lowest BCUT2D eigenvalue weighted by molar-refractivity contribution is -0.136. The Hall–Kier alpha value is -3.83. The first-order chi connectivity index (χ1) is 18.9. The number of carbonyl (C=O) groups excluding carboxylic acids is 3. The number of rotatable bonds is 6. The van der Waals surface area contributed by atoms with Crippen molar-refractivity contribution in [2.45, 2.75) is 30.4 Å². The lowest BCUT2D eigenvalue weighted by atomic mass is 9.96. The van der Waals surface area contributed by atoms with Crippen molar-refractivity contribution in [3.63, 3.8) is 0 Å². The number of halogens is 1. The van der Waals surface area contributed by atoms with Crippen molar-refractivity contribution in [3.05, 3.63) is 87.9 Å². The van der Waals surface area contributed by atoms with Crippen LogP contribution in [0.3, 0.4) is 0 Å². The molecule has 1 saturated heterocycles. The molecule has 3 aromatic carbocycles. The van der Waals surface area contributed by atoms with Gasteiger partial charge in [-0.3, -0.25) is 19.7 Å². The SMILES string of the molecule is COc1cc([C@@H]2Oc3ccc(Br)cc3[C@H]3CC(c4ccccc4)=NN32)ccc1OC(=O)C[C@@H]1SC(=O)NC1=O. The standard InChI is InChI=1S/C28H22BrN3O6S/c1-36-23-11-16(7-9-22(23)37-25(33)14-24-26(34)30-28(35)39-24)27-32-20(18-12-17(29)8-10-21(18)38-27)13-19(31-32)15-5-3-2-4-6-15/h2-12,20,24,27H,13-14H2,1H3,(H,30,34,35)/t20-,24+,27+/m1/s1. The van der Waals surface area contributed by atoms with Crippen LogP contribution in [0.2, 0.25) is 0 Å². The van der Waals surface area contributed by atoms with Crippen LogP contribution in [0.4, 0.5) is 4.79 Å². The largest absolute Gasteiger partial charge is 0.493 e. The van der Waals surface area contributed by atoms with E-state index in [0.717, 1.165) is 50.8 Å². The van der Waals surface area contributed by atoms with Crippen LogP contribution in [0.5, 0.6) is 17.2 Å². The molecule has 1 N–H and O–H groups in total. The predicted molar refractivity (Wildman–Crippen MR) is 148 cm³/mol. The lowest BCUT2D eigenvalue weighted by Gasteiger charge is -2.38. The molecule has 0 radical (unpaired) electrons. The van der Waals surface area contributed by atoms with Crippen LogP contribution in [0.1, 0.15) is 41.8 Å². The van der Waals surface area contributed by atoms with Gasteiger partial charge in [-0.25, -0.2) is 5.01 Å². The predicted octanol–water partition coefficient (Wildman–Crippen LogP) is 5.35. The molecular formula is C28H22BrN3O6S. The molecule has 9 nitrogen and oxygen atoms in total. The second-order valence-electron chi connectivity index (χ2n) is 9.14. The fourth-order valence-electron chi connectivity index (χ4n) is 4.85. The van der Waals surface area contributed by atoms with Crippen LogP contribution in [0.15, 0.2) is 76.3 Å². The molecule has 3 aliphatic heterocycles. The number of hydrogen-bond donors (Lipinski definition) is 1. The highest BCUT2D eigenvalue weighted by Crippen LogP contribution is 2.49. The summed E-state index contributed by atoms with van der Waals surface area (Å²) in [5.41, 5.74) is 3.82. The number of nitrogens with one attached hydrogen (secondary N) is 1. The third kappa shape index (κ3) is 4.99. The average Bonchev–Trinajstić information content (AvgIpc) is 3.52. The van der Waals surface area contributed by atoms with Gasteiger partial charge in [0, 0.05) is 22.0 Å². The van der Waals surface area contributed by atoms with E-state index in [-0.39, 0.29) is 18.2 Å². The van der Waals surface area contributed by atoms with E-state index < -0.39 is 28.6 Å². The summed E-state index contributed by atoms with van der Waals surface area (Å²) in [6.07, 6.45) is -0.0688. The molecule has 3 aliphatic rings. The van der Waals surface area contributed by atoms with Gasteiger partial charge in [-0.2, -0.15) is 5.10 Å². The summed E-state index contributed by atoms with van der Waals surface area (Å²) in [7, 11) is 1.48. The molecule has 11 heteroatoms. The number of carbonyl (C=O) groups is 3. The van der Waals surface area contributed by atoms with E-state index in [4.69, 9.17) is 19.3 Å². The number of amides is 2. The van der Waals surface area contributed by atoms with E-state index in [0.29, 0.717) is 5.75 Å². The van der Waals surface area contributed by atoms with E-state index in [1.807, 2.05) is 47.5 Å². The third-order valence-corrected chi connectivity index (χ3v) is 8.15. The number of hydrazone groups is 1. The Kier molecular flexibility index (Phi) is 6.78. The van der Waals surface area contributed by atoms with Gasteiger partial charge in [-0.15, -0.1) is 0 Å². The van der Waals surface area contributed by atoms with Gasteiger partial charge in [-0.1, -0.05) is 58.0 Å². The van der Waals surface area contributed by atoms with Gasteiger partial charge in [0.2, 0.25) is 12.1 Å². The number of benzene rings is 3. The summed E-state index contributed by atoms with van der Waals surface area (Å²) < 4.78 is 18.5. The van der Waals surface area contributed by atoms with Gasteiger partial charge < -0.3 is 14.2 Å². The van der Waals surface area contributed by atoms with Crippen molar-refractivity contribution >= 4 is 50.5 Å². The molecule has 3 atom stereocenters. The van der Waals surface area contributed by atoms with Crippen LogP contribution in [-0.4, -0.2) is 40.2 Å². The summed E-state index contributed by atoms with van der Waals surface area (Å²) in [4.78, 5) is 35.7. The maximum absolute atomic E-state index is 12.5. The number of nitrogens with zero attached hydrogens (tertiary/aromatic N) is 2. The molecule has 2 amide bonds. The number of hydrogen-bond acceptors (Lipinski definition) is 9. The van der Waals surface area contributed by atoms with Crippen molar-refractivity contribution in [3.8, 4) is 17.2 Å². The van der Waals surface area contributed by atoms with Gasteiger partial charge in [0.05, 0.1) is 25.3 Å². The Balaban J connectivity index is 1.29. The van der Waals surface area contributed by atoms with Crippen LogP contribution >= 0.6 is 27.7 Å². The van der Waals surface area contributed by atoms with E-state index in [1.54, 1.807) is 18.2 Å². The van der Waals surface area contributed by atoms with E-state index >= 15 is 0 Å². The number of imide groups is 1. The Morgan fingerprint density at radius 3 is 2.69 bits per heavy atom. The highest BCUT2D eigenvalue weighted by Gasteiger charge is 2.41. The zero-order valence-electron chi connectivity index (χ0n) is 20.6. The lowest BCUT2D eigenvalue weighted by Crippen LogP contribution is -2.33. The number of thioether (sulfide) groups is 1. The van der Waals surface area contributed by atoms with Gasteiger partial charge in [0.15, 0.2) is 11.5 Å². The molecule has 1 fully saturated rings. The van der Waals surface area contributed by atoms with Crippen LogP contribution < -0.4 is 19.5 Å². The fraction of sp³-hybridized carbons (Fsp3) is 0.214. The first-order valence-corrected chi connectivity index (χ1v) is 13.8. The van der Waals surface area contributed by atoms with Gasteiger partial charge in [0.1, 0.15) is 11.0 Å². The molecule has 6 rings (SSSR count). The number of esters is 1. The Morgan fingerprint density at radius 1 is 1.13 bits per heavy atom. The van der Waals surface area contributed by atoms with Gasteiger partial charge in [-0.05, 0) is 42.0 Å². The second-order valence-corrected chi connectivity index (χ2v) is 11.2. The highest BCUT2D eigenvalue weighted by atomic mass is 79.9. The first kappa shape index (κ1) is 25.4. The number of methoxy groups -OCH3 is 1. The van der Waals surface area contributed by atoms with Gasteiger partial charge in [0.25, 0.3) is 5.24 Å². The van der Waals surface area contributed by atoms with Crippen LogP contribution in [-0.2, 0) is 9.59 Å². The third-order valence-electron chi connectivity index (χ3n) is 6.67. The molecule has 198 valence electrons. The van der Waals surface area contributed by atoms with Crippen molar-refractivity contribution in [1.82, 2.24) is 10.3 Å². The summed E-state index contributed by atoms with van der Waals surface area (Å²) in [6.45, 7) is 0. The van der Waals surface area contributed by atoms with E-state index in [1.165, 1.54) is 7.11 Å². The molecule has 0 spiro atoms.